The van der Waals surface area contributed by atoms with Gasteiger partial charge in [-0.05, 0) is 44.0 Å². The maximum absolute atomic E-state index is 13.3. The fraction of sp³-hybridized carbons (Fsp3) is 0.381. The van der Waals surface area contributed by atoms with Gasteiger partial charge in [-0.15, -0.1) is 0 Å². The van der Waals surface area contributed by atoms with Gasteiger partial charge < -0.3 is 18.5 Å². The van der Waals surface area contributed by atoms with Crippen molar-refractivity contribution in [1.29, 1.82) is 0 Å². The minimum absolute atomic E-state index is 0.292. The number of benzene rings is 2. The van der Waals surface area contributed by atoms with Gasteiger partial charge in [-0.1, -0.05) is 26.0 Å². The normalized spacial score (nSPS) is 11.0. The van der Waals surface area contributed by atoms with E-state index in [1.807, 2.05) is 13.8 Å². The molecular weight excluding hydrogens is 379 g/mol. The van der Waals surface area contributed by atoms with Crippen LogP contribution in [0.2, 0.25) is 0 Å². The van der Waals surface area contributed by atoms with Crippen molar-refractivity contribution in [3.63, 3.8) is 0 Å². The molecule has 0 heterocycles. The third kappa shape index (κ3) is 7.28. The second kappa shape index (κ2) is 10.8. The zero-order chi connectivity index (χ0) is 20.4. The molecule has 0 bridgehead atoms. The van der Waals surface area contributed by atoms with Crippen molar-refractivity contribution in [2.45, 2.75) is 33.6 Å². The summed E-state index contributed by atoms with van der Waals surface area (Å²) in [6.45, 7) is 6.49. The van der Waals surface area contributed by atoms with Crippen LogP contribution in [-0.2, 0) is 9.36 Å². The molecule has 2 rings (SSSR count). The van der Waals surface area contributed by atoms with Gasteiger partial charge >= 0.3 is 7.60 Å². The lowest BCUT2D eigenvalue weighted by atomic mass is 10.3. The Morgan fingerprint density at radius 3 is 1.64 bits per heavy atom. The lowest BCUT2D eigenvalue weighted by Gasteiger charge is -2.20. The molecule has 0 aliphatic rings. The fourth-order valence-electron chi connectivity index (χ4n) is 2.36. The molecule has 0 radical (unpaired) electrons. The van der Waals surface area contributed by atoms with E-state index in [2.05, 4.69) is 0 Å². The van der Waals surface area contributed by atoms with Crippen LogP contribution in [0.15, 0.2) is 48.5 Å². The van der Waals surface area contributed by atoms with Gasteiger partial charge in [-0.3, -0.25) is 4.79 Å². The molecule has 0 saturated heterocycles. The van der Waals surface area contributed by atoms with E-state index in [9.17, 15) is 9.36 Å². The summed E-state index contributed by atoms with van der Waals surface area (Å²) in [4.78, 5) is 11.7. The van der Waals surface area contributed by atoms with E-state index in [0.717, 1.165) is 12.8 Å². The first-order valence-corrected chi connectivity index (χ1v) is 11.1. The van der Waals surface area contributed by atoms with Gasteiger partial charge in [0.25, 0.3) is 0 Å². The molecular formula is C21H27O6P. The van der Waals surface area contributed by atoms with Gasteiger partial charge in [-0.25, -0.2) is 4.57 Å². The Kier molecular flexibility index (Phi) is 8.40. The van der Waals surface area contributed by atoms with Crippen LogP contribution in [0.25, 0.3) is 0 Å². The van der Waals surface area contributed by atoms with Gasteiger partial charge in [0.15, 0.2) is 0 Å². The van der Waals surface area contributed by atoms with E-state index >= 15 is 0 Å². The molecule has 0 fully saturated rings. The Morgan fingerprint density at radius 1 is 0.821 bits per heavy atom. The Morgan fingerprint density at radius 2 is 1.25 bits per heavy atom. The molecule has 0 aliphatic carbocycles. The third-order valence-electron chi connectivity index (χ3n) is 3.46. The Hall–Kier alpha value is -2.46. The molecule has 0 aromatic heterocycles. The number of Topliss-reactive ketones (excluding diaryl/α,β-unsaturated/α-hetero) is 1. The second-order valence-corrected chi connectivity index (χ2v) is 8.20. The first-order chi connectivity index (χ1) is 13.4. The molecule has 6 nitrogen and oxygen atoms in total. The Labute approximate surface area is 166 Å². The number of carbonyl (C=O) groups is 1. The van der Waals surface area contributed by atoms with E-state index < -0.39 is 7.60 Å². The van der Waals surface area contributed by atoms with Gasteiger partial charge in [0, 0.05) is 12.1 Å². The summed E-state index contributed by atoms with van der Waals surface area (Å²) >= 11 is 0. The first-order valence-electron chi connectivity index (χ1n) is 9.37. The number of rotatable bonds is 12. The molecule has 0 saturated carbocycles. The molecule has 0 aliphatic heterocycles. The molecule has 28 heavy (non-hydrogen) atoms. The van der Waals surface area contributed by atoms with E-state index in [-0.39, 0.29) is 11.9 Å². The van der Waals surface area contributed by atoms with E-state index in [1.165, 1.54) is 6.92 Å². The summed E-state index contributed by atoms with van der Waals surface area (Å²) in [6.07, 6.45) is 1.40. The van der Waals surface area contributed by atoms with Crippen LogP contribution in [0.3, 0.4) is 0 Å². The standard InChI is InChI=1S/C21H27O6P/c1-4-12-24-18-8-6-10-20(14-18)26-28(23,16-17(3)22)27-21-11-7-9-19(15-21)25-13-5-2/h6-11,14-15H,4-5,12-13,16H2,1-3H3. The van der Waals surface area contributed by atoms with Crippen LogP contribution in [-0.4, -0.2) is 25.2 Å². The highest BCUT2D eigenvalue weighted by atomic mass is 31.2. The van der Waals surface area contributed by atoms with Gasteiger partial charge in [0.2, 0.25) is 0 Å². The van der Waals surface area contributed by atoms with Crippen LogP contribution in [0.5, 0.6) is 23.0 Å². The molecule has 152 valence electrons. The monoisotopic (exact) mass is 406 g/mol. The van der Waals surface area contributed by atoms with Crippen LogP contribution in [0, 0.1) is 0 Å². The lowest BCUT2D eigenvalue weighted by molar-refractivity contribution is -0.114. The van der Waals surface area contributed by atoms with Crippen molar-refractivity contribution in [3.8, 4) is 23.0 Å². The van der Waals surface area contributed by atoms with Crippen molar-refractivity contribution >= 4 is 13.4 Å². The Bertz CT molecular complexity index is 763. The summed E-state index contributed by atoms with van der Waals surface area (Å²) in [5.41, 5.74) is 0. The average Bonchev–Trinajstić information content (AvgIpc) is 2.64. The first kappa shape index (κ1) is 21.8. The minimum atomic E-state index is -3.77. The third-order valence-corrected chi connectivity index (χ3v) is 5.27. The molecule has 0 amide bonds. The summed E-state index contributed by atoms with van der Waals surface area (Å²) in [6, 6.07) is 13.6. The van der Waals surface area contributed by atoms with Crippen molar-refractivity contribution in [3.05, 3.63) is 48.5 Å². The minimum Gasteiger partial charge on any atom is -0.493 e. The highest BCUT2D eigenvalue weighted by Gasteiger charge is 2.30. The number of hydrogen-bond acceptors (Lipinski definition) is 6. The summed E-state index contributed by atoms with van der Waals surface area (Å²) in [7, 11) is -3.77. The molecule has 0 unspecified atom stereocenters. The molecule has 7 heteroatoms. The summed E-state index contributed by atoms with van der Waals surface area (Å²) < 4.78 is 35.7. The highest BCUT2D eigenvalue weighted by Crippen LogP contribution is 2.49. The van der Waals surface area contributed by atoms with E-state index in [1.54, 1.807) is 48.5 Å². The fourth-order valence-corrected chi connectivity index (χ4v) is 3.94. The second-order valence-electron chi connectivity index (χ2n) is 6.30. The largest absolute Gasteiger partial charge is 0.493 e. The lowest BCUT2D eigenvalue weighted by Crippen LogP contribution is -2.10. The smallest absolute Gasteiger partial charge is 0.438 e. The predicted molar refractivity (Wildman–Crippen MR) is 109 cm³/mol. The summed E-state index contributed by atoms with van der Waals surface area (Å²) in [5, 5.41) is 0. The van der Waals surface area contributed by atoms with Crippen LogP contribution in [0.1, 0.15) is 33.6 Å². The number of ether oxygens (including phenoxy) is 2. The summed E-state index contributed by atoms with van der Waals surface area (Å²) in [5.74, 6) is 1.54. The van der Waals surface area contributed by atoms with Crippen LogP contribution < -0.4 is 18.5 Å². The van der Waals surface area contributed by atoms with Gasteiger partial charge in [-0.2, -0.15) is 0 Å². The van der Waals surface area contributed by atoms with Crippen LogP contribution >= 0.6 is 7.60 Å². The highest BCUT2D eigenvalue weighted by molar-refractivity contribution is 7.55. The quantitative estimate of drug-likeness (QED) is 0.433. The van der Waals surface area contributed by atoms with E-state index in [4.69, 9.17) is 18.5 Å². The zero-order valence-electron chi connectivity index (χ0n) is 16.6. The number of ketones is 1. The maximum atomic E-state index is 13.3. The molecule has 2 aromatic rings. The molecule has 0 spiro atoms. The van der Waals surface area contributed by atoms with Crippen molar-refractivity contribution < 1.29 is 27.9 Å². The van der Waals surface area contributed by atoms with E-state index in [0.29, 0.717) is 36.2 Å². The number of carbonyl (C=O) groups excluding carboxylic acids is 1. The maximum Gasteiger partial charge on any atom is 0.438 e. The van der Waals surface area contributed by atoms with Crippen molar-refractivity contribution in [2.75, 3.05) is 19.4 Å². The Balaban J connectivity index is 2.19. The van der Waals surface area contributed by atoms with Gasteiger partial charge in [0.1, 0.15) is 34.9 Å². The van der Waals surface area contributed by atoms with Crippen LogP contribution in [0.4, 0.5) is 0 Å². The average molecular weight is 406 g/mol. The van der Waals surface area contributed by atoms with Crippen molar-refractivity contribution in [2.24, 2.45) is 0 Å². The number of hydrogen-bond donors (Lipinski definition) is 0. The zero-order valence-corrected chi connectivity index (χ0v) is 17.4. The predicted octanol–water partition coefficient (Wildman–Crippen LogP) is 5.50. The molecule has 0 N–H and O–H groups in total. The molecule has 2 aromatic carbocycles. The van der Waals surface area contributed by atoms with Crippen molar-refractivity contribution in [1.82, 2.24) is 0 Å². The topological polar surface area (TPSA) is 71.1 Å². The SMILES string of the molecule is CCCOc1cccc(OP(=O)(CC(C)=O)Oc2cccc(OCCC)c2)c1. The van der Waals surface area contributed by atoms with Gasteiger partial charge in [0.05, 0.1) is 13.2 Å². The molecule has 0 atom stereocenters.